The molecule has 0 rings (SSSR count). The van der Waals surface area contributed by atoms with Crippen LogP contribution in [-0.2, 0) is 19.1 Å². The molecule has 0 atom stereocenters. The van der Waals surface area contributed by atoms with Crippen molar-refractivity contribution in [2.24, 2.45) is 11.3 Å². The smallest absolute Gasteiger partial charge is 0.333 e. The van der Waals surface area contributed by atoms with E-state index in [0.29, 0.717) is 30.4 Å². The number of aliphatic hydroxyl groups excluding tert-OH is 2. The van der Waals surface area contributed by atoms with E-state index in [9.17, 15) is 19.8 Å². The van der Waals surface area contributed by atoms with Gasteiger partial charge < -0.3 is 19.7 Å². The summed E-state index contributed by atoms with van der Waals surface area (Å²) in [6.07, 6.45) is 1.67. The Bertz CT molecular complexity index is 412. The summed E-state index contributed by atoms with van der Waals surface area (Å²) in [5, 5.41) is 19.0. The highest BCUT2D eigenvalue weighted by atomic mass is 16.5. The van der Waals surface area contributed by atoms with Gasteiger partial charge in [0.2, 0.25) is 0 Å². The van der Waals surface area contributed by atoms with Crippen molar-refractivity contribution in [3.63, 3.8) is 0 Å². The van der Waals surface area contributed by atoms with E-state index in [-0.39, 0.29) is 32.3 Å². The van der Waals surface area contributed by atoms with Crippen LogP contribution in [0.15, 0.2) is 24.3 Å². The van der Waals surface area contributed by atoms with Gasteiger partial charge in [0.25, 0.3) is 0 Å². The molecule has 138 valence electrons. The molecule has 0 unspecified atom stereocenters. The minimum Gasteiger partial charge on any atom is -0.462 e. The van der Waals surface area contributed by atoms with Gasteiger partial charge in [0.1, 0.15) is 0 Å². The molecule has 0 aliphatic rings. The van der Waals surface area contributed by atoms with Gasteiger partial charge in [-0.2, -0.15) is 0 Å². The van der Waals surface area contributed by atoms with Crippen molar-refractivity contribution >= 4 is 11.9 Å². The van der Waals surface area contributed by atoms with Crippen molar-refractivity contribution in [1.82, 2.24) is 0 Å². The maximum absolute atomic E-state index is 11.5. The van der Waals surface area contributed by atoms with E-state index in [2.05, 4.69) is 13.2 Å². The standard InChI is InChI=1S/C18H30O6/c1-6-18(11-19,12-20)8-7-15(9-23-16(21)13(2)3)10-24-17(22)14(4)5/h15,19-20H,2,4,6-12H2,1,3,5H3. The van der Waals surface area contributed by atoms with Gasteiger partial charge in [-0.3, -0.25) is 0 Å². The van der Waals surface area contributed by atoms with Gasteiger partial charge in [0.15, 0.2) is 0 Å². The molecule has 0 aromatic rings. The summed E-state index contributed by atoms with van der Waals surface area (Å²) in [5.41, 5.74) is -0.00257. The van der Waals surface area contributed by atoms with E-state index < -0.39 is 17.4 Å². The normalized spacial score (nSPS) is 11.2. The summed E-state index contributed by atoms with van der Waals surface area (Å²) in [6.45, 7) is 11.9. The Labute approximate surface area is 144 Å². The highest BCUT2D eigenvalue weighted by molar-refractivity contribution is 5.87. The Balaban J connectivity index is 4.77. The fourth-order valence-electron chi connectivity index (χ4n) is 1.97. The molecule has 24 heavy (non-hydrogen) atoms. The minimum atomic E-state index is -0.588. The van der Waals surface area contributed by atoms with Crippen LogP contribution in [0.4, 0.5) is 0 Å². The Kier molecular flexibility index (Phi) is 10.2. The van der Waals surface area contributed by atoms with E-state index in [4.69, 9.17) is 9.47 Å². The maximum Gasteiger partial charge on any atom is 0.333 e. The summed E-state index contributed by atoms with van der Waals surface area (Å²) in [5.74, 6) is -1.24. The molecular formula is C18H30O6. The van der Waals surface area contributed by atoms with Crippen LogP contribution < -0.4 is 0 Å². The number of esters is 2. The minimum absolute atomic E-state index is 0.0752. The van der Waals surface area contributed by atoms with E-state index in [1.165, 1.54) is 0 Å². The lowest BCUT2D eigenvalue weighted by Crippen LogP contribution is -2.31. The lowest BCUT2D eigenvalue weighted by Gasteiger charge is -2.30. The fourth-order valence-corrected chi connectivity index (χ4v) is 1.97. The number of ether oxygens (including phenoxy) is 2. The molecule has 0 aliphatic heterocycles. The van der Waals surface area contributed by atoms with Gasteiger partial charge >= 0.3 is 11.9 Å². The Hall–Kier alpha value is -1.66. The maximum atomic E-state index is 11.5. The monoisotopic (exact) mass is 342 g/mol. The molecule has 0 saturated heterocycles. The average Bonchev–Trinajstić information content (AvgIpc) is 2.57. The number of aliphatic hydroxyl groups is 2. The van der Waals surface area contributed by atoms with Gasteiger partial charge in [-0.1, -0.05) is 20.1 Å². The van der Waals surface area contributed by atoms with Gasteiger partial charge in [0.05, 0.1) is 26.4 Å². The highest BCUT2D eigenvalue weighted by Crippen LogP contribution is 2.29. The highest BCUT2D eigenvalue weighted by Gasteiger charge is 2.28. The molecule has 0 aromatic carbocycles. The van der Waals surface area contributed by atoms with Crippen LogP contribution in [0.1, 0.15) is 40.0 Å². The van der Waals surface area contributed by atoms with Crippen LogP contribution in [-0.4, -0.2) is 48.6 Å². The molecule has 6 heteroatoms. The quantitative estimate of drug-likeness (QED) is 0.416. The first-order valence-electron chi connectivity index (χ1n) is 8.08. The number of rotatable bonds is 12. The zero-order chi connectivity index (χ0) is 18.8. The SMILES string of the molecule is C=C(C)C(=O)OCC(CCC(CC)(CO)CO)COC(=O)C(=C)C. The molecule has 0 fully saturated rings. The van der Waals surface area contributed by atoms with Crippen LogP contribution in [0.2, 0.25) is 0 Å². The molecule has 2 N–H and O–H groups in total. The summed E-state index contributed by atoms with van der Waals surface area (Å²) in [6, 6.07) is 0. The first-order chi connectivity index (χ1) is 11.2. The molecule has 0 bridgehead atoms. The molecule has 6 nitrogen and oxygen atoms in total. The van der Waals surface area contributed by atoms with E-state index in [0.717, 1.165) is 0 Å². The van der Waals surface area contributed by atoms with Crippen molar-refractivity contribution in [2.75, 3.05) is 26.4 Å². The molecule has 0 spiro atoms. The van der Waals surface area contributed by atoms with Crippen LogP contribution >= 0.6 is 0 Å². The predicted molar refractivity (Wildman–Crippen MR) is 91.2 cm³/mol. The zero-order valence-corrected chi connectivity index (χ0v) is 15.0. The summed E-state index contributed by atoms with van der Waals surface area (Å²) < 4.78 is 10.3. The topological polar surface area (TPSA) is 93.1 Å². The first kappa shape index (κ1) is 22.3. The van der Waals surface area contributed by atoms with Crippen molar-refractivity contribution < 1.29 is 29.3 Å². The van der Waals surface area contributed by atoms with Crippen LogP contribution in [0, 0.1) is 11.3 Å². The summed E-state index contributed by atoms with van der Waals surface area (Å²) >= 11 is 0. The fraction of sp³-hybridized carbons (Fsp3) is 0.667. The second-order valence-corrected chi connectivity index (χ2v) is 6.33. The van der Waals surface area contributed by atoms with E-state index in [1.807, 2.05) is 6.92 Å². The van der Waals surface area contributed by atoms with Gasteiger partial charge in [-0.05, 0) is 33.1 Å². The first-order valence-corrected chi connectivity index (χ1v) is 8.08. The van der Waals surface area contributed by atoms with Gasteiger partial charge in [-0.15, -0.1) is 0 Å². The molecule has 0 amide bonds. The molecular weight excluding hydrogens is 312 g/mol. The van der Waals surface area contributed by atoms with Crippen molar-refractivity contribution in [2.45, 2.75) is 40.0 Å². The lowest BCUT2D eigenvalue weighted by molar-refractivity contribution is -0.144. The third-order valence-electron chi connectivity index (χ3n) is 4.10. The second-order valence-electron chi connectivity index (χ2n) is 6.33. The van der Waals surface area contributed by atoms with Crippen LogP contribution in [0.3, 0.4) is 0 Å². The average molecular weight is 342 g/mol. The third kappa shape index (κ3) is 7.75. The number of hydrogen-bond donors (Lipinski definition) is 2. The van der Waals surface area contributed by atoms with Crippen LogP contribution in [0.5, 0.6) is 0 Å². The number of carbonyl (C=O) groups is 2. The third-order valence-corrected chi connectivity index (χ3v) is 4.10. The van der Waals surface area contributed by atoms with E-state index >= 15 is 0 Å². The summed E-state index contributed by atoms with van der Waals surface area (Å²) in [7, 11) is 0. The Morgan fingerprint density at radius 1 is 1.00 bits per heavy atom. The van der Waals surface area contributed by atoms with Crippen molar-refractivity contribution in [1.29, 1.82) is 0 Å². The Morgan fingerprint density at radius 2 is 1.42 bits per heavy atom. The largest absolute Gasteiger partial charge is 0.462 e. The molecule has 0 radical (unpaired) electrons. The number of hydrogen-bond acceptors (Lipinski definition) is 6. The molecule has 0 aromatic heterocycles. The Morgan fingerprint density at radius 3 is 1.71 bits per heavy atom. The molecule has 0 saturated carbocycles. The molecule has 0 heterocycles. The van der Waals surface area contributed by atoms with Crippen molar-refractivity contribution in [3.05, 3.63) is 24.3 Å². The molecule has 0 aliphatic carbocycles. The van der Waals surface area contributed by atoms with Gasteiger partial charge in [-0.25, -0.2) is 9.59 Å². The lowest BCUT2D eigenvalue weighted by atomic mass is 9.80. The zero-order valence-electron chi connectivity index (χ0n) is 15.0. The van der Waals surface area contributed by atoms with Gasteiger partial charge in [0, 0.05) is 22.5 Å². The predicted octanol–water partition coefficient (Wildman–Crippen LogP) is 2.00. The van der Waals surface area contributed by atoms with E-state index in [1.54, 1.807) is 13.8 Å². The second kappa shape index (κ2) is 11.0. The summed E-state index contributed by atoms with van der Waals surface area (Å²) in [4.78, 5) is 23.1. The van der Waals surface area contributed by atoms with Crippen molar-refractivity contribution in [3.8, 4) is 0 Å². The number of carbonyl (C=O) groups excluding carboxylic acids is 2. The van der Waals surface area contributed by atoms with Crippen LogP contribution in [0.25, 0.3) is 0 Å².